The van der Waals surface area contributed by atoms with Crippen LogP contribution < -0.4 is 5.32 Å². The van der Waals surface area contributed by atoms with Crippen LogP contribution in [0.25, 0.3) is 0 Å². The van der Waals surface area contributed by atoms with Crippen LogP contribution in [0.15, 0.2) is 12.4 Å². The molecular weight excluding hydrogens is 294 g/mol. The van der Waals surface area contributed by atoms with E-state index in [1.54, 1.807) is 6.20 Å². The molecule has 118 valence electrons. The molecule has 1 amide bonds. The number of amides is 1. The Bertz CT molecular complexity index is 572. The highest BCUT2D eigenvalue weighted by molar-refractivity contribution is 7.88. The van der Waals surface area contributed by atoms with Crippen molar-refractivity contribution in [1.29, 1.82) is 0 Å². The Morgan fingerprint density at radius 2 is 2.19 bits per heavy atom. The molecule has 0 spiro atoms. The Morgan fingerprint density at radius 3 is 2.76 bits per heavy atom. The molecule has 8 nitrogen and oxygen atoms in total. The lowest BCUT2D eigenvalue weighted by atomic mass is 9.98. The topological polar surface area (TPSA) is 97.2 Å². The third kappa shape index (κ3) is 4.24. The van der Waals surface area contributed by atoms with E-state index in [9.17, 15) is 13.2 Å². The van der Waals surface area contributed by atoms with Crippen LogP contribution >= 0.6 is 0 Å². The van der Waals surface area contributed by atoms with Crippen LogP contribution in [-0.2, 0) is 21.4 Å². The minimum Gasteiger partial charge on any atom is -0.350 e. The first-order valence-corrected chi connectivity index (χ1v) is 8.83. The van der Waals surface area contributed by atoms with E-state index in [1.165, 1.54) is 21.4 Å². The van der Waals surface area contributed by atoms with Crippen molar-refractivity contribution >= 4 is 15.9 Å². The van der Waals surface area contributed by atoms with Crippen LogP contribution in [0.5, 0.6) is 0 Å². The van der Waals surface area contributed by atoms with Gasteiger partial charge in [-0.15, -0.1) is 5.10 Å². The molecule has 1 aliphatic heterocycles. The average Bonchev–Trinajstić information content (AvgIpc) is 2.99. The normalized spacial score (nSPS) is 23.3. The van der Waals surface area contributed by atoms with Gasteiger partial charge in [-0.3, -0.25) is 4.79 Å². The number of hydrogen-bond donors (Lipinski definition) is 1. The van der Waals surface area contributed by atoms with Gasteiger partial charge in [0.25, 0.3) is 0 Å². The number of sulfonamides is 1. The molecule has 1 aliphatic rings. The van der Waals surface area contributed by atoms with Gasteiger partial charge in [-0.05, 0) is 12.3 Å². The van der Waals surface area contributed by atoms with E-state index in [4.69, 9.17) is 0 Å². The van der Waals surface area contributed by atoms with E-state index in [0.717, 1.165) is 12.8 Å². The van der Waals surface area contributed by atoms with Crippen molar-refractivity contribution in [1.82, 2.24) is 24.6 Å². The number of nitrogens with zero attached hydrogens (tertiary/aromatic N) is 4. The number of hydrogen-bond acceptors (Lipinski definition) is 5. The molecule has 1 aromatic rings. The predicted molar refractivity (Wildman–Crippen MR) is 76.8 cm³/mol. The van der Waals surface area contributed by atoms with Gasteiger partial charge in [-0.25, -0.2) is 13.1 Å². The number of nitrogens with one attached hydrogen (secondary N) is 1. The van der Waals surface area contributed by atoms with E-state index in [2.05, 4.69) is 22.6 Å². The SMILES string of the molecule is CCC[C@@H]1CN(S(C)(=O)=O)C[C@H]1NC(=O)Cn1ccnn1. The van der Waals surface area contributed by atoms with E-state index in [1.807, 2.05) is 0 Å². The summed E-state index contributed by atoms with van der Waals surface area (Å²) < 4.78 is 26.2. The maximum Gasteiger partial charge on any atom is 0.242 e. The lowest BCUT2D eigenvalue weighted by Crippen LogP contribution is -2.42. The molecule has 0 bridgehead atoms. The Labute approximate surface area is 124 Å². The van der Waals surface area contributed by atoms with Gasteiger partial charge in [0.2, 0.25) is 15.9 Å². The fourth-order valence-electron chi connectivity index (χ4n) is 2.65. The summed E-state index contributed by atoms with van der Waals surface area (Å²) >= 11 is 0. The second-order valence-electron chi connectivity index (χ2n) is 5.40. The van der Waals surface area contributed by atoms with Crippen LogP contribution in [0, 0.1) is 5.92 Å². The Hall–Kier alpha value is -1.48. The molecule has 0 aromatic carbocycles. The van der Waals surface area contributed by atoms with Gasteiger partial charge in [-0.1, -0.05) is 18.6 Å². The van der Waals surface area contributed by atoms with Crippen molar-refractivity contribution in [2.24, 2.45) is 5.92 Å². The molecule has 2 rings (SSSR count). The zero-order valence-electron chi connectivity index (χ0n) is 12.3. The first-order valence-electron chi connectivity index (χ1n) is 6.98. The van der Waals surface area contributed by atoms with Crippen LogP contribution in [0.1, 0.15) is 19.8 Å². The van der Waals surface area contributed by atoms with Crippen LogP contribution in [0.3, 0.4) is 0 Å². The third-order valence-corrected chi connectivity index (χ3v) is 4.90. The Kier molecular flexibility index (Phi) is 4.94. The summed E-state index contributed by atoms with van der Waals surface area (Å²) in [6.45, 7) is 2.96. The lowest BCUT2D eigenvalue weighted by molar-refractivity contribution is -0.122. The van der Waals surface area contributed by atoms with Crippen LogP contribution in [0.2, 0.25) is 0 Å². The quantitative estimate of drug-likeness (QED) is 0.760. The minimum atomic E-state index is -3.22. The summed E-state index contributed by atoms with van der Waals surface area (Å²) in [7, 11) is -3.22. The summed E-state index contributed by atoms with van der Waals surface area (Å²) in [4.78, 5) is 12.0. The average molecular weight is 315 g/mol. The molecule has 1 saturated heterocycles. The second kappa shape index (κ2) is 6.52. The summed E-state index contributed by atoms with van der Waals surface area (Å²) in [5, 5.41) is 10.3. The van der Waals surface area contributed by atoms with Crippen molar-refractivity contribution in [2.45, 2.75) is 32.4 Å². The lowest BCUT2D eigenvalue weighted by Gasteiger charge is -2.19. The van der Waals surface area contributed by atoms with Gasteiger partial charge in [-0.2, -0.15) is 4.31 Å². The van der Waals surface area contributed by atoms with Gasteiger partial charge in [0.05, 0.1) is 12.5 Å². The first kappa shape index (κ1) is 15.9. The second-order valence-corrected chi connectivity index (χ2v) is 7.39. The van der Waals surface area contributed by atoms with E-state index < -0.39 is 10.0 Å². The van der Waals surface area contributed by atoms with E-state index in [-0.39, 0.29) is 24.4 Å². The number of carbonyl (C=O) groups excluding carboxylic acids is 1. The van der Waals surface area contributed by atoms with Gasteiger partial charge in [0.1, 0.15) is 6.54 Å². The third-order valence-electron chi connectivity index (χ3n) is 3.66. The van der Waals surface area contributed by atoms with E-state index >= 15 is 0 Å². The van der Waals surface area contributed by atoms with Gasteiger partial charge < -0.3 is 5.32 Å². The Balaban J connectivity index is 1.97. The van der Waals surface area contributed by atoms with Crippen molar-refractivity contribution in [3.05, 3.63) is 12.4 Å². The fourth-order valence-corrected chi connectivity index (χ4v) is 3.54. The zero-order valence-corrected chi connectivity index (χ0v) is 13.1. The van der Waals surface area contributed by atoms with Crippen LogP contribution in [-0.4, -0.2) is 59.0 Å². The zero-order chi connectivity index (χ0) is 15.5. The van der Waals surface area contributed by atoms with Crippen molar-refractivity contribution in [2.75, 3.05) is 19.3 Å². The smallest absolute Gasteiger partial charge is 0.242 e. The summed E-state index contributed by atoms with van der Waals surface area (Å²) in [5.74, 6) is -0.0219. The molecule has 9 heteroatoms. The molecular formula is C12H21N5O3S. The summed E-state index contributed by atoms with van der Waals surface area (Å²) in [6.07, 6.45) is 6.17. The molecule has 0 aliphatic carbocycles. The van der Waals surface area contributed by atoms with Gasteiger partial charge in [0.15, 0.2) is 0 Å². The fraction of sp³-hybridized carbons (Fsp3) is 0.750. The standard InChI is InChI=1S/C12H21N5O3S/c1-3-4-10-7-17(21(2,19)20)8-11(10)14-12(18)9-16-6-5-13-15-16/h5-6,10-11H,3-4,7-9H2,1-2H3,(H,14,18)/t10-,11-/m1/s1. The summed E-state index contributed by atoms with van der Waals surface area (Å²) in [6, 6.07) is -0.143. The number of carbonyl (C=O) groups is 1. The molecule has 1 N–H and O–H groups in total. The van der Waals surface area contributed by atoms with Crippen molar-refractivity contribution in [3.63, 3.8) is 0 Å². The highest BCUT2D eigenvalue weighted by Crippen LogP contribution is 2.23. The van der Waals surface area contributed by atoms with E-state index in [0.29, 0.717) is 13.1 Å². The molecule has 0 saturated carbocycles. The van der Waals surface area contributed by atoms with Gasteiger partial charge >= 0.3 is 0 Å². The van der Waals surface area contributed by atoms with Gasteiger partial charge in [0, 0.05) is 25.3 Å². The first-order chi connectivity index (χ1) is 9.90. The maximum absolute atomic E-state index is 12.0. The molecule has 21 heavy (non-hydrogen) atoms. The monoisotopic (exact) mass is 315 g/mol. The maximum atomic E-state index is 12.0. The highest BCUT2D eigenvalue weighted by Gasteiger charge is 2.37. The molecule has 2 atom stereocenters. The predicted octanol–water partition coefficient (Wildman–Crippen LogP) is -0.546. The molecule has 0 unspecified atom stereocenters. The van der Waals surface area contributed by atoms with Crippen molar-refractivity contribution < 1.29 is 13.2 Å². The largest absolute Gasteiger partial charge is 0.350 e. The number of rotatable bonds is 6. The van der Waals surface area contributed by atoms with Crippen molar-refractivity contribution in [3.8, 4) is 0 Å². The Morgan fingerprint density at radius 1 is 1.43 bits per heavy atom. The molecule has 2 heterocycles. The molecule has 1 fully saturated rings. The molecule has 0 radical (unpaired) electrons. The number of aromatic nitrogens is 3. The highest BCUT2D eigenvalue weighted by atomic mass is 32.2. The van der Waals surface area contributed by atoms with Crippen LogP contribution in [0.4, 0.5) is 0 Å². The summed E-state index contributed by atoms with van der Waals surface area (Å²) in [5.41, 5.74) is 0. The minimum absolute atomic E-state index is 0.0915. The molecule has 1 aromatic heterocycles.